The second-order valence-electron chi connectivity index (χ2n) is 7.15. The first-order chi connectivity index (χ1) is 13.7. The van der Waals surface area contributed by atoms with Crippen LogP contribution in [0.4, 0.5) is 0 Å². The number of imidazole rings is 1. The molecule has 0 fully saturated rings. The quantitative estimate of drug-likeness (QED) is 0.446. The predicted octanol–water partition coefficient (Wildman–Crippen LogP) is 2.72. The van der Waals surface area contributed by atoms with E-state index in [1.165, 1.54) is 16.9 Å². The number of aryl methyl sites for hydroxylation is 2. The van der Waals surface area contributed by atoms with E-state index in [2.05, 4.69) is 11.1 Å². The molecule has 5 nitrogen and oxygen atoms in total. The third-order valence-electron chi connectivity index (χ3n) is 5.48. The molecule has 0 bridgehead atoms. The Bertz CT molecular complexity index is 1590. The number of hydrogen-bond acceptors (Lipinski definition) is 4. The number of aromatic nitrogens is 3. The average Bonchev–Trinajstić information content (AvgIpc) is 3.22. The van der Waals surface area contributed by atoms with E-state index in [1.807, 2.05) is 47.0 Å². The molecule has 1 aliphatic rings. The Kier molecular flexibility index (Phi) is 3.17. The summed E-state index contributed by atoms with van der Waals surface area (Å²) >= 11 is 1.32. The summed E-state index contributed by atoms with van der Waals surface area (Å²) in [6, 6.07) is 15.7. The maximum absolute atomic E-state index is 13.1. The number of benzene rings is 2. The van der Waals surface area contributed by atoms with Gasteiger partial charge in [-0.25, -0.2) is 9.38 Å². The molecule has 0 radical (unpaired) electrons. The largest absolute Gasteiger partial charge is 0.307 e. The molecule has 3 aromatic heterocycles. The van der Waals surface area contributed by atoms with Crippen molar-refractivity contribution in [2.24, 2.45) is 0 Å². The number of para-hydroxylation sites is 3. The smallest absolute Gasteiger partial charge is 0.274 e. The summed E-state index contributed by atoms with van der Waals surface area (Å²) in [6.07, 6.45) is 3.68. The van der Waals surface area contributed by atoms with Crippen LogP contribution in [-0.2, 0) is 13.0 Å². The van der Waals surface area contributed by atoms with Crippen LogP contribution < -0.4 is 15.7 Å². The monoisotopic (exact) mass is 385 g/mol. The zero-order valence-electron chi connectivity index (χ0n) is 14.9. The minimum Gasteiger partial charge on any atom is -0.307 e. The fourth-order valence-electron chi connectivity index (χ4n) is 4.24. The van der Waals surface area contributed by atoms with E-state index in [9.17, 15) is 9.59 Å². The molecule has 0 saturated heterocycles. The highest BCUT2D eigenvalue weighted by Gasteiger charge is 2.16. The highest BCUT2D eigenvalue weighted by atomic mass is 32.1. The first-order valence-corrected chi connectivity index (χ1v) is 10.1. The minimum absolute atomic E-state index is 0.0325. The van der Waals surface area contributed by atoms with Crippen LogP contribution in [-0.4, -0.2) is 14.0 Å². The van der Waals surface area contributed by atoms with E-state index in [0.29, 0.717) is 15.1 Å². The van der Waals surface area contributed by atoms with Crippen molar-refractivity contribution >= 4 is 44.3 Å². The summed E-state index contributed by atoms with van der Waals surface area (Å²) in [4.78, 5) is 31.3. The zero-order valence-corrected chi connectivity index (χ0v) is 15.7. The van der Waals surface area contributed by atoms with Gasteiger partial charge in [0.1, 0.15) is 0 Å². The summed E-state index contributed by atoms with van der Waals surface area (Å²) in [5, 5.41) is 1.04. The lowest BCUT2D eigenvalue weighted by Gasteiger charge is -2.19. The molecule has 6 rings (SSSR count). The molecule has 4 heterocycles. The highest BCUT2D eigenvalue weighted by molar-refractivity contribution is 7.15. The van der Waals surface area contributed by atoms with Gasteiger partial charge in [0, 0.05) is 12.1 Å². The van der Waals surface area contributed by atoms with Gasteiger partial charge in [0.05, 0.1) is 21.1 Å². The van der Waals surface area contributed by atoms with Crippen LogP contribution >= 0.6 is 11.3 Å². The standard InChI is InChI=1S/C22H15N3O2S/c26-20-15(11-14-6-3-5-13-7-4-10-24(20)19(13)14)12-18-21(27)25-17-9-2-1-8-16(17)23-22(25)28-18/h1-3,5-6,8-9,11-12H,4,7,10H2/b18-12-. The Morgan fingerprint density at radius 3 is 2.86 bits per heavy atom. The third-order valence-corrected chi connectivity index (χ3v) is 6.45. The molecule has 5 aromatic rings. The number of hydrogen-bond donors (Lipinski definition) is 0. The summed E-state index contributed by atoms with van der Waals surface area (Å²) < 4.78 is 4.02. The molecule has 2 aromatic carbocycles. The second kappa shape index (κ2) is 5.62. The molecule has 0 saturated carbocycles. The van der Waals surface area contributed by atoms with Crippen LogP contribution in [0.5, 0.6) is 0 Å². The fraction of sp³-hybridized carbons (Fsp3) is 0.136. The molecule has 0 amide bonds. The lowest BCUT2D eigenvalue weighted by Crippen LogP contribution is -2.28. The Morgan fingerprint density at radius 1 is 1.04 bits per heavy atom. The zero-order chi connectivity index (χ0) is 18.8. The van der Waals surface area contributed by atoms with Gasteiger partial charge in [0.25, 0.3) is 11.1 Å². The molecule has 6 heteroatoms. The Balaban J connectivity index is 1.66. The van der Waals surface area contributed by atoms with Crippen LogP contribution in [0.1, 0.15) is 17.5 Å². The maximum atomic E-state index is 13.1. The van der Waals surface area contributed by atoms with Crippen molar-refractivity contribution in [3.05, 3.63) is 84.9 Å². The van der Waals surface area contributed by atoms with Crippen LogP contribution in [0.25, 0.3) is 33.0 Å². The molecule has 0 N–H and O–H groups in total. The SMILES string of the molecule is O=c1c(/C=c2\sc3nc4ccccc4n3c2=O)cc2cccc3c2n1CCC3. The van der Waals surface area contributed by atoms with Crippen molar-refractivity contribution in [3.63, 3.8) is 0 Å². The lowest BCUT2D eigenvalue weighted by atomic mass is 10.00. The normalized spacial score (nSPS) is 14.5. The molecule has 136 valence electrons. The van der Waals surface area contributed by atoms with E-state index in [1.54, 1.807) is 10.5 Å². The highest BCUT2D eigenvalue weighted by Crippen LogP contribution is 2.24. The molecule has 0 aliphatic carbocycles. The first-order valence-electron chi connectivity index (χ1n) is 9.28. The van der Waals surface area contributed by atoms with Crippen molar-refractivity contribution in [2.45, 2.75) is 19.4 Å². The molecule has 0 spiro atoms. The summed E-state index contributed by atoms with van der Waals surface area (Å²) in [7, 11) is 0. The van der Waals surface area contributed by atoms with Crippen LogP contribution in [0.3, 0.4) is 0 Å². The number of fused-ring (bicyclic) bond motifs is 3. The topological polar surface area (TPSA) is 56.4 Å². The van der Waals surface area contributed by atoms with Gasteiger partial charge in [-0.2, -0.15) is 0 Å². The van der Waals surface area contributed by atoms with E-state index in [4.69, 9.17) is 0 Å². The summed E-state index contributed by atoms with van der Waals surface area (Å²) in [5.74, 6) is 0. The van der Waals surface area contributed by atoms with Crippen LogP contribution in [0.15, 0.2) is 58.1 Å². The van der Waals surface area contributed by atoms with Gasteiger partial charge in [-0.05, 0) is 48.1 Å². The molecule has 0 atom stereocenters. The van der Waals surface area contributed by atoms with Gasteiger partial charge >= 0.3 is 0 Å². The van der Waals surface area contributed by atoms with Gasteiger partial charge < -0.3 is 4.57 Å². The van der Waals surface area contributed by atoms with Gasteiger partial charge in [-0.15, -0.1) is 0 Å². The van der Waals surface area contributed by atoms with Crippen molar-refractivity contribution in [1.29, 1.82) is 0 Å². The Labute approximate surface area is 162 Å². The van der Waals surface area contributed by atoms with E-state index in [0.717, 1.165) is 41.3 Å². The molecule has 0 unspecified atom stereocenters. The minimum atomic E-state index is -0.124. The maximum Gasteiger partial charge on any atom is 0.274 e. The fourth-order valence-corrected chi connectivity index (χ4v) is 5.22. The predicted molar refractivity (Wildman–Crippen MR) is 112 cm³/mol. The Hall–Kier alpha value is -3.25. The summed E-state index contributed by atoms with van der Waals surface area (Å²) in [6.45, 7) is 0.719. The number of nitrogens with zero attached hydrogens (tertiary/aromatic N) is 3. The van der Waals surface area contributed by atoms with E-state index >= 15 is 0 Å². The van der Waals surface area contributed by atoms with Gasteiger partial charge in [0.2, 0.25) is 0 Å². The van der Waals surface area contributed by atoms with E-state index in [-0.39, 0.29) is 11.1 Å². The molecule has 28 heavy (non-hydrogen) atoms. The first kappa shape index (κ1) is 15.8. The van der Waals surface area contributed by atoms with Crippen molar-refractivity contribution in [3.8, 4) is 0 Å². The molecule has 1 aliphatic heterocycles. The Morgan fingerprint density at radius 2 is 1.93 bits per heavy atom. The lowest BCUT2D eigenvalue weighted by molar-refractivity contribution is 0.615. The van der Waals surface area contributed by atoms with Crippen molar-refractivity contribution in [1.82, 2.24) is 14.0 Å². The summed E-state index contributed by atoms with van der Waals surface area (Å²) in [5.41, 5.74) is 4.25. The second-order valence-corrected chi connectivity index (χ2v) is 8.16. The molecular formula is C22H15N3O2S. The molecular weight excluding hydrogens is 370 g/mol. The number of thiazole rings is 1. The van der Waals surface area contributed by atoms with Crippen LogP contribution in [0, 0.1) is 0 Å². The number of rotatable bonds is 1. The number of pyridine rings is 1. The van der Waals surface area contributed by atoms with Crippen LogP contribution in [0.2, 0.25) is 0 Å². The van der Waals surface area contributed by atoms with Crippen molar-refractivity contribution in [2.75, 3.05) is 0 Å². The average molecular weight is 385 g/mol. The third kappa shape index (κ3) is 2.09. The van der Waals surface area contributed by atoms with Gasteiger partial charge in [0.15, 0.2) is 4.96 Å². The van der Waals surface area contributed by atoms with Gasteiger partial charge in [-0.3, -0.25) is 9.59 Å². The van der Waals surface area contributed by atoms with Crippen molar-refractivity contribution < 1.29 is 0 Å². The van der Waals surface area contributed by atoms with Gasteiger partial charge in [-0.1, -0.05) is 41.7 Å². The van der Waals surface area contributed by atoms with E-state index < -0.39 is 0 Å².